The summed E-state index contributed by atoms with van der Waals surface area (Å²) in [6, 6.07) is 12.9. The van der Waals surface area contributed by atoms with Crippen LogP contribution in [0.5, 0.6) is 0 Å². The van der Waals surface area contributed by atoms with Crippen molar-refractivity contribution in [2.24, 2.45) is 4.99 Å². The molecule has 6 heteroatoms. The molecule has 2 aromatic rings. The van der Waals surface area contributed by atoms with Crippen LogP contribution in [0.3, 0.4) is 0 Å². The lowest BCUT2D eigenvalue weighted by atomic mass is 9.93. The number of alkyl halides is 3. The first-order chi connectivity index (χ1) is 10.5. The molecule has 0 aromatic heterocycles. The Kier molecular flexibility index (Phi) is 3.44. The van der Waals surface area contributed by atoms with Gasteiger partial charge in [0.2, 0.25) is 5.84 Å². The molecule has 0 radical (unpaired) electrons. The Labute approximate surface area is 124 Å². The quantitative estimate of drug-likeness (QED) is 0.853. The number of hydrogen-bond donors (Lipinski definition) is 1. The molecule has 1 N–H and O–H groups in total. The summed E-state index contributed by atoms with van der Waals surface area (Å²) in [5.74, 6) is -1.15. The largest absolute Gasteiger partial charge is 0.449 e. The Morgan fingerprint density at radius 1 is 1.05 bits per heavy atom. The van der Waals surface area contributed by atoms with Crippen LogP contribution in [0.1, 0.15) is 11.6 Å². The number of anilines is 1. The molecule has 1 aliphatic heterocycles. The van der Waals surface area contributed by atoms with Crippen molar-refractivity contribution in [1.82, 2.24) is 0 Å². The van der Waals surface area contributed by atoms with E-state index < -0.39 is 18.1 Å². The summed E-state index contributed by atoms with van der Waals surface area (Å²) >= 11 is 0. The van der Waals surface area contributed by atoms with Gasteiger partial charge < -0.3 is 10.1 Å². The zero-order chi connectivity index (χ0) is 15.7. The summed E-state index contributed by atoms with van der Waals surface area (Å²) in [6.45, 7) is 0. The van der Waals surface area contributed by atoms with E-state index in [1.807, 2.05) is 30.3 Å². The molecule has 1 aliphatic rings. The van der Waals surface area contributed by atoms with Gasteiger partial charge >= 0.3 is 6.18 Å². The van der Waals surface area contributed by atoms with E-state index in [1.54, 1.807) is 12.1 Å². The number of nitrogens with zero attached hydrogens (tertiary/aromatic N) is 1. The van der Waals surface area contributed by atoms with E-state index in [2.05, 4.69) is 10.3 Å². The monoisotopic (exact) mass is 304 g/mol. The highest BCUT2D eigenvalue weighted by atomic mass is 19.4. The molecule has 22 heavy (non-hydrogen) atoms. The van der Waals surface area contributed by atoms with Gasteiger partial charge in [0.05, 0.1) is 0 Å². The van der Waals surface area contributed by atoms with Crippen LogP contribution in [0.2, 0.25) is 0 Å². The minimum Gasteiger partial charge on any atom is -0.336 e. The predicted molar refractivity (Wildman–Crippen MR) is 77.8 cm³/mol. The second-order valence-electron chi connectivity index (χ2n) is 4.81. The van der Waals surface area contributed by atoms with Gasteiger partial charge in [0, 0.05) is 11.3 Å². The molecule has 2 aromatic carbocycles. The second kappa shape index (κ2) is 5.29. The maximum atomic E-state index is 12.9. The Bertz CT molecular complexity index is 739. The number of carbonyl (C=O) groups is 1. The van der Waals surface area contributed by atoms with Crippen molar-refractivity contribution in [3.63, 3.8) is 0 Å². The van der Waals surface area contributed by atoms with Crippen LogP contribution in [0.15, 0.2) is 53.5 Å². The number of amidine groups is 1. The van der Waals surface area contributed by atoms with Gasteiger partial charge in [-0.25, -0.2) is 4.99 Å². The van der Waals surface area contributed by atoms with Crippen LogP contribution in [-0.2, 0) is 4.79 Å². The topological polar surface area (TPSA) is 41.5 Å². The van der Waals surface area contributed by atoms with Crippen molar-refractivity contribution < 1.29 is 18.0 Å². The minimum atomic E-state index is -4.62. The third kappa shape index (κ3) is 2.47. The van der Waals surface area contributed by atoms with Crippen LogP contribution >= 0.6 is 0 Å². The first-order valence-corrected chi connectivity index (χ1v) is 6.56. The maximum Gasteiger partial charge on any atom is 0.449 e. The number of rotatable bonds is 2. The maximum absolute atomic E-state index is 12.9. The van der Waals surface area contributed by atoms with Gasteiger partial charge in [-0.15, -0.1) is 0 Å². The van der Waals surface area contributed by atoms with Gasteiger partial charge in [0.1, 0.15) is 12.3 Å². The molecule has 0 spiro atoms. The molecule has 3 nitrogen and oxygen atoms in total. The van der Waals surface area contributed by atoms with Gasteiger partial charge in [0.25, 0.3) is 0 Å². The zero-order valence-electron chi connectivity index (χ0n) is 11.3. The number of halogens is 3. The molecular formula is C16H11F3N2O. The van der Waals surface area contributed by atoms with Crippen molar-refractivity contribution in [3.05, 3.63) is 54.1 Å². The SMILES string of the molecule is O=CC1N=C(C(F)(F)F)Nc2cccc(-c3ccccc3)c21. The van der Waals surface area contributed by atoms with Gasteiger partial charge in [0.15, 0.2) is 0 Å². The van der Waals surface area contributed by atoms with Crippen molar-refractivity contribution in [3.8, 4) is 11.1 Å². The fourth-order valence-corrected chi connectivity index (χ4v) is 2.47. The fraction of sp³-hybridized carbons (Fsp3) is 0.125. The number of hydrogen-bond acceptors (Lipinski definition) is 3. The van der Waals surface area contributed by atoms with Gasteiger partial charge in [-0.3, -0.25) is 0 Å². The van der Waals surface area contributed by atoms with Crippen molar-refractivity contribution in [1.29, 1.82) is 0 Å². The number of carbonyl (C=O) groups excluding carboxylic acids is 1. The molecule has 112 valence electrons. The zero-order valence-corrected chi connectivity index (χ0v) is 11.3. The number of nitrogens with one attached hydrogen (secondary N) is 1. The van der Waals surface area contributed by atoms with Crippen LogP contribution < -0.4 is 5.32 Å². The standard InChI is InChI=1S/C16H11F3N2O/c17-16(18,19)15-20-12-8-4-7-11(10-5-2-1-3-6-10)14(12)13(9-22)21-15/h1-9,13H,(H,20,21). The molecule has 0 fully saturated rings. The Balaban J connectivity index is 2.16. The molecule has 1 atom stereocenters. The molecule has 1 unspecified atom stereocenters. The van der Waals surface area contributed by atoms with E-state index in [1.165, 1.54) is 6.07 Å². The van der Waals surface area contributed by atoms with E-state index in [4.69, 9.17) is 0 Å². The van der Waals surface area contributed by atoms with Crippen LogP contribution in [0.4, 0.5) is 18.9 Å². The summed E-state index contributed by atoms with van der Waals surface area (Å²) in [4.78, 5) is 14.8. The van der Waals surface area contributed by atoms with Crippen molar-refractivity contribution in [2.45, 2.75) is 12.2 Å². The Morgan fingerprint density at radius 2 is 1.77 bits per heavy atom. The van der Waals surface area contributed by atoms with Crippen molar-refractivity contribution >= 4 is 17.8 Å². The Hall–Kier alpha value is -2.63. The third-order valence-corrected chi connectivity index (χ3v) is 3.41. The number of aliphatic imine (C=N–C) groups is 1. The molecule has 0 amide bonds. The summed E-state index contributed by atoms with van der Waals surface area (Å²) in [5, 5.41) is 2.28. The highest BCUT2D eigenvalue weighted by Crippen LogP contribution is 2.39. The molecule has 0 bridgehead atoms. The van der Waals surface area contributed by atoms with E-state index in [0.29, 0.717) is 17.4 Å². The van der Waals surface area contributed by atoms with Gasteiger partial charge in [-0.05, 0) is 17.2 Å². The highest BCUT2D eigenvalue weighted by molar-refractivity contribution is 6.04. The molecule has 0 aliphatic carbocycles. The van der Waals surface area contributed by atoms with E-state index in [-0.39, 0.29) is 5.69 Å². The molecule has 3 rings (SSSR count). The van der Waals surface area contributed by atoms with Gasteiger partial charge in [-0.2, -0.15) is 13.2 Å². The average molecular weight is 304 g/mol. The summed E-state index contributed by atoms with van der Waals surface area (Å²) in [7, 11) is 0. The van der Waals surface area contributed by atoms with Crippen molar-refractivity contribution in [2.75, 3.05) is 5.32 Å². The second-order valence-corrected chi connectivity index (χ2v) is 4.81. The van der Waals surface area contributed by atoms with Crippen LogP contribution in [0, 0.1) is 0 Å². The third-order valence-electron chi connectivity index (χ3n) is 3.41. The summed E-state index contributed by atoms with van der Waals surface area (Å²) in [5.41, 5.74) is 2.21. The first kappa shape index (κ1) is 14.3. The van der Waals surface area contributed by atoms with E-state index in [0.717, 1.165) is 5.56 Å². The smallest absolute Gasteiger partial charge is 0.336 e. The number of benzene rings is 2. The lowest BCUT2D eigenvalue weighted by Crippen LogP contribution is -2.34. The first-order valence-electron chi connectivity index (χ1n) is 6.56. The van der Waals surface area contributed by atoms with Gasteiger partial charge in [-0.1, -0.05) is 42.5 Å². The summed E-state index contributed by atoms with van der Waals surface area (Å²) in [6.07, 6.45) is -4.19. The van der Waals surface area contributed by atoms with Crippen LogP contribution in [-0.4, -0.2) is 18.3 Å². The molecular weight excluding hydrogens is 293 g/mol. The molecule has 0 saturated heterocycles. The van der Waals surface area contributed by atoms with Crippen LogP contribution in [0.25, 0.3) is 11.1 Å². The molecule has 1 heterocycles. The van der Waals surface area contributed by atoms with E-state index in [9.17, 15) is 18.0 Å². The highest BCUT2D eigenvalue weighted by Gasteiger charge is 2.40. The average Bonchev–Trinajstić information content (AvgIpc) is 2.53. The number of fused-ring (bicyclic) bond motifs is 1. The Morgan fingerprint density at radius 3 is 2.41 bits per heavy atom. The minimum absolute atomic E-state index is 0.251. The lowest BCUT2D eigenvalue weighted by Gasteiger charge is -2.25. The molecule has 0 saturated carbocycles. The lowest BCUT2D eigenvalue weighted by molar-refractivity contribution is -0.109. The normalized spacial score (nSPS) is 17.2. The predicted octanol–water partition coefficient (Wildman–Crippen LogP) is 3.98. The summed E-state index contributed by atoms with van der Waals surface area (Å²) < 4.78 is 38.6. The van der Waals surface area contributed by atoms with E-state index >= 15 is 0 Å². The fourth-order valence-electron chi connectivity index (χ4n) is 2.47. The number of aldehydes is 1.